The van der Waals surface area contributed by atoms with Crippen LogP contribution in [0.2, 0.25) is 0 Å². The normalized spacial score (nSPS) is 17.1. The molecule has 0 spiro atoms. The van der Waals surface area contributed by atoms with E-state index < -0.39 is 5.54 Å². The fraction of sp³-hybridized carbons (Fsp3) is 0.333. The summed E-state index contributed by atoms with van der Waals surface area (Å²) in [7, 11) is 0. The quantitative estimate of drug-likeness (QED) is 0.863. The van der Waals surface area contributed by atoms with Gasteiger partial charge in [-0.3, -0.25) is 0 Å². The number of benzene rings is 1. The first-order chi connectivity index (χ1) is 8.08. The second-order valence-electron chi connectivity index (χ2n) is 4.54. The number of hydrogen-bond acceptors (Lipinski definition) is 4. The summed E-state index contributed by atoms with van der Waals surface area (Å²) in [4.78, 5) is 4.26. The van der Waals surface area contributed by atoms with Gasteiger partial charge in [0.15, 0.2) is 0 Å². The molecule has 1 heterocycles. The van der Waals surface area contributed by atoms with Gasteiger partial charge in [0.25, 0.3) is 0 Å². The first-order valence-electron chi connectivity index (χ1n) is 5.48. The van der Waals surface area contributed by atoms with Gasteiger partial charge in [-0.1, -0.05) is 5.16 Å². The molecule has 2 N–H and O–H groups in total. The highest BCUT2D eigenvalue weighted by Gasteiger charge is 2.45. The molecule has 1 aromatic heterocycles. The van der Waals surface area contributed by atoms with E-state index in [2.05, 4.69) is 10.1 Å². The highest BCUT2D eigenvalue weighted by molar-refractivity contribution is 5.55. The maximum absolute atomic E-state index is 13.1. The summed E-state index contributed by atoms with van der Waals surface area (Å²) in [5, 5.41) is 3.88. The molecule has 2 aromatic rings. The Morgan fingerprint density at radius 2 is 2.18 bits per heavy atom. The van der Waals surface area contributed by atoms with Crippen LogP contribution >= 0.6 is 0 Å². The van der Waals surface area contributed by atoms with Gasteiger partial charge in [0.05, 0.1) is 5.54 Å². The first-order valence-corrected chi connectivity index (χ1v) is 5.48. The van der Waals surface area contributed by atoms with E-state index in [1.807, 2.05) is 0 Å². The van der Waals surface area contributed by atoms with E-state index in [9.17, 15) is 4.39 Å². The van der Waals surface area contributed by atoms with Crippen LogP contribution < -0.4 is 5.73 Å². The van der Waals surface area contributed by atoms with Gasteiger partial charge in [0.2, 0.25) is 11.7 Å². The van der Waals surface area contributed by atoms with Gasteiger partial charge in [-0.2, -0.15) is 4.98 Å². The fourth-order valence-corrected chi connectivity index (χ4v) is 1.68. The van der Waals surface area contributed by atoms with Crippen molar-refractivity contribution in [3.8, 4) is 11.4 Å². The second-order valence-corrected chi connectivity index (χ2v) is 4.54. The van der Waals surface area contributed by atoms with E-state index in [-0.39, 0.29) is 5.82 Å². The van der Waals surface area contributed by atoms with E-state index in [0.29, 0.717) is 17.3 Å². The lowest BCUT2D eigenvalue weighted by atomic mass is 10.1. The van der Waals surface area contributed by atoms with Crippen LogP contribution in [0.4, 0.5) is 4.39 Å². The van der Waals surface area contributed by atoms with Gasteiger partial charge >= 0.3 is 0 Å². The minimum absolute atomic E-state index is 0.241. The van der Waals surface area contributed by atoms with E-state index in [4.69, 9.17) is 10.3 Å². The van der Waals surface area contributed by atoms with Crippen molar-refractivity contribution in [2.24, 2.45) is 5.73 Å². The largest absolute Gasteiger partial charge is 0.337 e. The Bertz CT molecular complexity index is 575. The van der Waals surface area contributed by atoms with Crippen LogP contribution in [0.15, 0.2) is 22.7 Å². The van der Waals surface area contributed by atoms with E-state index in [1.165, 1.54) is 6.07 Å². The van der Waals surface area contributed by atoms with Crippen LogP contribution in [0.1, 0.15) is 24.3 Å². The summed E-state index contributed by atoms with van der Waals surface area (Å²) < 4.78 is 18.3. The zero-order valence-electron chi connectivity index (χ0n) is 9.40. The Balaban J connectivity index is 1.98. The van der Waals surface area contributed by atoms with Gasteiger partial charge in [0.1, 0.15) is 5.82 Å². The number of nitrogens with zero attached hydrogens (tertiary/aromatic N) is 2. The molecule has 4 nitrogen and oxygen atoms in total. The summed E-state index contributed by atoms with van der Waals surface area (Å²) in [6.07, 6.45) is 1.74. The SMILES string of the molecule is Cc1cc(-c2noc(C3(N)CC3)n2)ccc1F. The molecule has 0 saturated heterocycles. The highest BCUT2D eigenvalue weighted by atomic mass is 19.1. The van der Waals surface area contributed by atoms with E-state index in [0.717, 1.165) is 18.4 Å². The molecule has 1 aromatic carbocycles. The Labute approximate surface area is 97.6 Å². The lowest BCUT2D eigenvalue weighted by molar-refractivity contribution is 0.348. The maximum atomic E-state index is 13.1. The van der Waals surface area contributed by atoms with Crippen LogP contribution in [0, 0.1) is 12.7 Å². The number of aryl methyl sites for hydroxylation is 1. The zero-order valence-corrected chi connectivity index (χ0v) is 9.40. The number of rotatable bonds is 2. The molecule has 3 rings (SSSR count). The molecule has 17 heavy (non-hydrogen) atoms. The third-order valence-corrected chi connectivity index (χ3v) is 3.06. The summed E-state index contributed by atoms with van der Waals surface area (Å²) in [5.41, 5.74) is 6.82. The average Bonchev–Trinajstić information content (AvgIpc) is 2.88. The molecule has 1 fully saturated rings. The third kappa shape index (κ3) is 1.72. The Morgan fingerprint density at radius 1 is 1.41 bits per heavy atom. The van der Waals surface area contributed by atoms with Crippen molar-refractivity contribution in [2.75, 3.05) is 0 Å². The minimum Gasteiger partial charge on any atom is -0.337 e. The zero-order chi connectivity index (χ0) is 12.0. The number of halogens is 1. The van der Waals surface area contributed by atoms with Crippen molar-refractivity contribution in [3.05, 3.63) is 35.5 Å². The predicted molar refractivity (Wildman–Crippen MR) is 59.5 cm³/mol. The highest BCUT2D eigenvalue weighted by Crippen LogP contribution is 2.42. The summed E-state index contributed by atoms with van der Waals surface area (Å²) in [6.45, 7) is 1.70. The van der Waals surface area contributed by atoms with Crippen molar-refractivity contribution in [2.45, 2.75) is 25.3 Å². The van der Waals surface area contributed by atoms with Gasteiger partial charge in [-0.25, -0.2) is 4.39 Å². The Hall–Kier alpha value is -1.75. The first kappa shape index (κ1) is 10.4. The fourth-order valence-electron chi connectivity index (χ4n) is 1.68. The molecule has 5 heteroatoms. The summed E-state index contributed by atoms with van der Waals surface area (Å²) >= 11 is 0. The van der Waals surface area contributed by atoms with Crippen molar-refractivity contribution >= 4 is 0 Å². The molecular formula is C12H12FN3O. The minimum atomic E-state index is -0.430. The molecule has 0 aliphatic heterocycles. The molecule has 88 valence electrons. The van der Waals surface area contributed by atoms with Crippen molar-refractivity contribution in [3.63, 3.8) is 0 Å². The predicted octanol–water partition coefficient (Wildman–Crippen LogP) is 2.13. The molecular weight excluding hydrogens is 221 g/mol. The number of nitrogens with two attached hydrogens (primary N) is 1. The monoisotopic (exact) mass is 233 g/mol. The van der Waals surface area contributed by atoms with Gasteiger partial charge in [0, 0.05) is 5.56 Å². The van der Waals surface area contributed by atoms with E-state index >= 15 is 0 Å². The topological polar surface area (TPSA) is 64.9 Å². The lowest BCUT2D eigenvalue weighted by Gasteiger charge is -1.99. The van der Waals surface area contributed by atoms with Crippen molar-refractivity contribution in [1.82, 2.24) is 10.1 Å². The molecule has 1 saturated carbocycles. The van der Waals surface area contributed by atoms with Crippen LogP contribution in [0.5, 0.6) is 0 Å². The average molecular weight is 233 g/mol. The van der Waals surface area contributed by atoms with Gasteiger partial charge < -0.3 is 10.3 Å². The summed E-state index contributed by atoms with van der Waals surface area (Å²) in [6, 6.07) is 4.73. The maximum Gasteiger partial charge on any atom is 0.247 e. The van der Waals surface area contributed by atoms with Gasteiger partial charge in [-0.05, 0) is 43.5 Å². The number of aromatic nitrogens is 2. The van der Waals surface area contributed by atoms with Crippen molar-refractivity contribution in [1.29, 1.82) is 0 Å². The molecule has 0 bridgehead atoms. The summed E-state index contributed by atoms with van der Waals surface area (Å²) in [5.74, 6) is 0.684. The van der Waals surface area contributed by atoms with Gasteiger partial charge in [-0.15, -0.1) is 0 Å². The second kappa shape index (κ2) is 3.37. The molecule has 0 amide bonds. The van der Waals surface area contributed by atoms with Crippen LogP contribution in [0.3, 0.4) is 0 Å². The lowest BCUT2D eigenvalue weighted by Crippen LogP contribution is -2.18. The van der Waals surface area contributed by atoms with E-state index in [1.54, 1.807) is 19.1 Å². The molecule has 1 aliphatic carbocycles. The van der Waals surface area contributed by atoms with Crippen LogP contribution in [-0.4, -0.2) is 10.1 Å². The number of hydrogen-bond donors (Lipinski definition) is 1. The van der Waals surface area contributed by atoms with Crippen molar-refractivity contribution < 1.29 is 8.91 Å². The molecule has 0 atom stereocenters. The third-order valence-electron chi connectivity index (χ3n) is 3.06. The molecule has 1 aliphatic rings. The van der Waals surface area contributed by atoms with Crippen LogP contribution in [0.25, 0.3) is 11.4 Å². The Kier molecular flexibility index (Phi) is 2.06. The van der Waals surface area contributed by atoms with Crippen LogP contribution in [-0.2, 0) is 5.54 Å². The molecule has 0 unspecified atom stereocenters. The Morgan fingerprint density at radius 3 is 2.82 bits per heavy atom. The standard InChI is InChI=1S/C12H12FN3O/c1-7-6-8(2-3-9(7)13)10-15-11(17-16-10)12(14)4-5-12/h2-3,6H,4-5,14H2,1H3. The smallest absolute Gasteiger partial charge is 0.247 e. The molecule has 0 radical (unpaired) electrons.